The Bertz CT molecular complexity index is 1840. The number of carboxylic acid groups (broad SMARTS) is 1. The summed E-state index contributed by atoms with van der Waals surface area (Å²) in [6.45, 7) is 0. The van der Waals surface area contributed by atoms with Crippen LogP contribution in [0, 0.1) is 0 Å². The number of aliphatic carboxylic acids is 1. The second kappa shape index (κ2) is 15.6. The lowest BCUT2D eigenvalue weighted by molar-refractivity contribution is -0.142. The number of H-pyrrole nitrogens is 2. The van der Waals surface area contributed by atoms with Gasteiger partial charge in [0.05, 0.1) is 12.4 Å². The van der Waals surface area contributed by atoms with Gasteiger partial charge in [-0.25, -0.2) is 9.78 Å². The van der Waals surface area contributed by atoms with Crippen LogP contribution in [0.5, 0.6) is 5.75 Å². The predicted molar refractivity (Wildman–Crippen MR) is 178 cm³/mol. The number of hydrogen-bond donors (Lipinski definition) is 8. The van der Waals surface area contributed by atoms with Crippen LogP contribution in [0.2, 0.25) is 0 Å². The number of para-hydroxylation sites is 1. The van der Waals surface area contributed by atoms with Crippen LogP contribution in [-0.4, -0.2) is 73.0 Å². The largest absolute Gasteiger partial charge is 0.508 e. The van der Waals surface area contributed by atoms with E-state index < -0.39 is 47.9 Å². The maximum atomic E-state index is 13.9. The summed E-state index contributed by atoms with van der Waals surface area (Å²) in [5.41, 5.74) is 9.95. The quantitative estimate of drug-likeness (QED) is 0.0832. The number of benzene rings is 3. The molecule has 3 amide bonds. The van der Waals surface area contributed by atoms with E-state index in [9.17, 15) is 29.4 Å². The molecule has 4 atom stereocenters. The Morgan fingerprint density at radius 3 is 1.96 bits per heavy atom. The van der Waals surface area contributed by atoms with E-state index in [4.69, 9.17) is 5.73 Å². The lowest BCUT2D eigenvalue weighted by Crippen LogP contribution is -2.58. The number of fused-ring (bicyclic) bond motifs is 1. The lowest BCUT2D eigenvalue weighted by Gasteiger charge is -2.25. The molecule has 48 heavy (non-hydrogen) atoms. The van der Waals surface area contributed by atoms with Crippen molar-refractivity contribution >= 4 is 34.6 Å². The van der Waals surface area contributed by atoms with Gasteiger partial charge >= 0.3 is 5.97 Å². The van der Waals surface area contributed by atoms with Crippen molar-refractivity contribution in [2.24, 2.45) is 5.73 Å². The van der Waals surface area contributed by atoms with Crippen molar-refractivity contribution in [1.29, 1.82) is 0 Å². The van der Waals surface area contributed by atoms with Crippen molar-refractivity contribution in [3.8, 4) is 5.75 Å². The second-order valence-electron chi connectivity index (χ2n) is 11.5. The summed E-state index contributed by atoms with van der Waals surface area (Å²) in [6.07, 6.45) is 4.88. The van der Waals surface area contributed by atoms with Gasteiger partial charge in [0.2, 0.25) is 17.7 Å². The van der Waals surface area contributed by atoms with Crippen LogP contribution in [0.3, 0.4) is 0 Å². The number of phenols is 1. The first-order chi connectivity index (χ1) is 23.2. The molecule has 0 spiro atoms. The summed E-state index contributed by atoms with van der Waals surface area (Å²) >= 11 is 0. The summed E-state index contributed by atoms with van der Waals surface area (Å²) in [6, 6.07) is 18.1. The normalized spacial score (nSPS) is 13.6. The number of hydrogen-bond acceptors (Lipinski definition) is 7. The van der Waals surface area contributed by atoms with Gasteiger partial charge in [-0.2, -0.15) is 0 Å². The number of amides is 3. The van der Waals surface area contributed by atoms with Gasteiger partial charge in [-0.15, -0.1) is 0 Å². The van der Waals surface area contributed by atoms with E-state index in [0.717, 1.165) is 22.0 Å². The molecule has 3 aromatic carbocycles. The molecule has 13 nitrogen and oxygen atoms in total. The number of carbonyl (C=O) groups is 4. The molecule has 5 rings (SSSR count). The number of nitrogens with zero attached hydrogens (tertiary/aromatic N) is 1. The highest BCUT2D eigenvalue weighted by molar-refractivity contribution is 5.94. The molecule has 2 heterocycles. The Kier molecular flexibility index (Phi) is 10.8. The number of aromatic hydroxyl groups is 1. The zero-order valence-corrected chi connectivity index (χ0v) is 25.9. The maximum absolute atomic E-state index is 13.9. The number of imidazole rings is 1. The summed E-state index contributed by atoms with van der Waals surface area (Å²) in [5.74, 6) is -3.22. The molecule has 2 aromatic heterocycles. The van der Waals surface area contributed by atoms with Gasteiger partial charge in [0.15, 0.2) is 0 Å². The summed E-state index contributed by atoms with van der Waals surface area (Å²) in [7, 11) is 0. The summed E-state index contributed by atoms with van der Waals surface area (Å²) < 4.78 is 0. The Morgan fingerprint density at radius 1 is 0.708 bits per heavy atom. The molecule has 0 aliphatic rings. The van der Waals surface area contributed by atoms with E-state index in [1.54, 1.807) is 18.3 Å². The first-order valence-corrected chi connectivity index (χ1v) is 15.4. The van der Waals surface area contributed by atoms with Crippen LogP contribution in [0.4, 0.5) is 0 Å². The SMILES string of the molecule is NC(Cc1c[nH]c2ccccc12)C(=O)NC(Cc1ccccc1)C(=O)NC(Cc1ccc(O)cc1)C(=O)NC(Cc1cnc[nH]1)C(=O)O. The number of nitrogens with one attached hydrogen (secondary N) is 5. The second-order valence-corrected chi connectivity index (χ2v) is 11.5. The van der Waals surface area contributed by atoms with Crippen LogP contribution in [0.1, 0.15) is 22.4 Å². The van der Waals surface area contributed by atoms with Gasteiger partial charge in [0.25, 0.3) is 0 Å². The number of aromatic amines is 2. The average molecular weight is 652 g/mol. The molecule has 0 radical (unpaired) electrons. The molecule has 9 N–H and O–H groups in total. The molecule has 0 aliphatic carbocycles. The average Bonchev–Trinajstić information content (AvgIpc) is 3.75. The van der Waals surface area contributed by atoms with Crippen molar-refractivity contribution < 1.29 is 29.4 Å². The summed E-state index contributed by atoms with van der Waals surface area (Å²) in [5, 5.41) is 28.5. The van der Waals surface area contributed by atoms with E-state index in [1.807, 2.05) is 54.6 Å². The predicted octanol–water partition coefficient (Wildman–Crippen LogP) is 1.73. The first-order valence-electron chi connectivity index (χ1n) is 15.4. The van der Waals surface area contributed by atoms with Crippen molar-refractivity contribution in [1.82, 2.24) is 30.9 Å². The third kappa shape index (κ3) is 8.85. The van der Waals surface area contributed by atoms with Crippen LogP contribution in [0.25, 0.3) is 10.9 Å². The van der Waals surface area contributed by atoms with Gasteiger partial charge in [0.1, 0.15) is 23.9 Å². The van der Waals surface area contributed by atoms with Crippen molar-refractivity contribution in [3.05, 3.63) is 120 Å². The third-order valence-electron chi connectivity index (χ3n) is 7.97. The third-order valence-corrected chi connectivity index (χ3v) is 7.97. The Labute approximate surface area is 276 Å². The molecule has 5 aromatic rings. The smallest absolute Gasteiger partial charge is 0.326 e. The van der Waals surface area contributed by atoms with Gasteiger partial charge in [-0.3, -0.25) is 14.4 Å². The Hall–Kier alpha value is -5.95. The number of rotatable bonds is 15. The topological polar surface area (TPSA) is 215 Å². The van der Waals surface area contributed by atoms with Gasteiger partial charge in [-0.1, -0.05) is 60.7 Å². The minimum Gasteiger partial charge on any atom is -0.508 e. The Morgan fingerprint density at radius 2 is 1.31 bits per heavy atom. The van der Waals surface area contributed by atoms with Crippen LogP contribution >= 0.6 is 0 Å². The van der Waals surface area contributed by atoms with Crippen LogP contribution < -0.4 is 21.7 Å². The Balaban J connectivity index is 1.35. The molecule has 4 unspecified atom stereocenters. The van der Waals surface area contributed by atoms with Gasteiger partial charge in [-0.05, 0) is 41.3 Å². The van der Waals surface area contributed by atoms with Crippen molar-refractivity contribution in [3.63, 3.8) is 0 Å². The lowest BCUT2D eigenvalue weighted by atomic mass is 10.0. The molecule has 0 saturated heterocycles. The van der Waals surface area contributed by atoms with E-state index in [2.05, 4.69) is 30.9 Å². The number of aromatic nitrogens is 3. The molecule has 13 heteroatoms. The number of phenolic OH excluding ortho intramolecular Hbond substituents is 1. The minimum atomic E-state index is -1.32. The molecular weight excluding hydrogens is 614 g/mol. The van der Waals surface area contributed by atoms with Crippen molar-refractivity contribution in [2.75, 3.05) is 0 Å². The van der Waals surface area contributed by atoms with E-state index in [1.165, 1.54) is 24.7 Å². The highest BCUT2D eigenvalue weighted by Gasteiger charge is 2.31. The van der Waals surface area contributed by atoms with Gasteiger partial charge in [0, 0.05) is 48.3 Å². The standard InChI is InChI=1S/C35H37N7O6/c36-27(16-23-18-38-28-9-5-4-8-26(23)28)32(44)40-29(14-21-6-2-1-3-7-21)33(45)41-30(15-22-10-12-25(43)13-11-22)34(46)42-31(35(47)48)17-24-19-37-20-39-24/h1-13,18-20,27,29-31,38,43H,14-17,36H2,(H,37,39)(H,40,44)(H,41,45)(H,42,46)(H,47,48). The minimum absolute atomic E-state index is 0.0175. The van der Waals surface area contributed by atoms with E-state index in [-0.39, 0.29) is 31.4 Å². The monoisotopic (exact) mass is 651 g/mol. The fourth-order valence-corrected chi connectivity index (χ4v) is 5.41. The molecule has 248 valence electrons. The number of carbonyl (C=O) groups excluding carboxylic acids is 3. The van der Waals surface area contributed by atoms with Crippen molar-refractivity contribution in [2.45, 2.75) is 49.9 Å². The summed E-state index contributed by atoms with van der Waals surface area (Å²) in [4.78, 5) is 62.9. The fourth-order valence-electron chi connectivity index (χ4n) is 5.41. The van der Waals surface area contributed by atoms with E-state index >= 15 is 0 Å². The zero-order valence-electron chi connectivity index (χ0n) is 25.9. The fraction of sp³-hybridized carbons (Fsp3) is 0.229. The molecule has 0 saturated carbocycles. The highest BCUT2D eigenvalue weighted by atomic mass is 16.4. The molecule has 0 fully saturated rings. The number of nitrogens with two attached hydrogens (primary N) is 1. The molecular formula is C35H37N7O6. The first kappa shape index (κ1) is 33.4. The molecule has 0 bridgehead atoms. The van der Waals surface area contributed by atoms with E-state index in [0.29, 0.717) is 11.3 Å². The number of carboxylic acids is 1. The highest BCUT2D eigenvalue weighted by Crippen LogP contribution is 2.19. The van der Waals surface area contributed by atoms with Crippen LogP contribution in [-0.2, 0) is 44.9 Å². The zero-order chi connectivity index (χ0) is 34.0. The maximum Gasteiger partial charge on any atom is 0.326 e. The molecule has 0 aliphatic heterocycles. The van der Waals surface area contributed by atoms with Gasteiger partial charge < -0.3 is 41.9 Å². The van der Waals surface area contributed by atoms with Crippen LogP contribution in [0.15, 0.2) is 97.6 Å².